The van der Waals surface area contributed by atoms with Gasteiger partial charge in [-0.3, -0.25) is 0 Å². The summed E-state index contributed by atoms with van der Waals surface area (Å²) in [6, 6.07) is 0. The fourth-order valence-electron chi connectivity index (χ4n) is 10.4. The second-order valence-corrected chi connectivity index (χ2v) is 13.3. The summed E-state index contributed by atoms with van der Waals surface area (Å²) in [5, 5.41) is 10.9. The maximum absolute atomic E-state index is 10.9. The van der Waals surface area contributed by atoms with E-state index in [1.54, 1.807) is 6.08 Å². The van der Waals surface area contributed by atoms with E-state index in [-0.39, 0.29) is 5.92 Å². The molecule has 0 aliphatic heterocycles. The van der Waals surface area contributed by atoms with Crippen molar-refractivity contribution in [3.05, 3.63) is 12.7 Å². The molecule has 5 rings (SSSR count). The highest BCUT2D eigenvalue weighted by atomic mass is 16.5. The first-order valence-electron chi connectivity index (χ1n) is 13.5. The molecule has 0 aromatic carbocycles. The number of ether oxygens (including phenoxy) is 1. The van der Waals surface area contributed by atoms with E-state index in [2.05, 4.69) is 34.3 Å². The van der Waals surface area contributed by atoms with Gasteiger partial charge in [-0.15, -0.1) is 6.58 Å². The zero-order chi connectivity index (χ0) is 22.2. The van der Waals surface area contributed by atoms with Gasteiger partial charge in [0.2, 0.25) is 0 Å². The van der Waals surface area contributed by atoms with Crippen LogP contribution < -0.4 is 0 Å². The molecule has 0 saturated heterocycles. The number of fused-ring (bicyclic) bond motifs is 4. The average molecular weight is 429 g/mol. The third kappa shape index (κ3) is 2.89. The summed E-state index contributed by atoms with van der Waals surface area (Å²) in [5.74, 6) is 4.76. The Bertz CT molecular complexity index is 716. The molecule has 5 saturated carbocycles. The second-order valence-electron chi connectivity index (χ2n) is 13.3. The lowest BCUT2D eigenvalue weighted by atomic mass is 9.45. The van der Waals surface area contributed by atoms with Gasteiger partial charge in [-0.1, -0.05) is 33.8 Å². The molecule has 2 heteroatoms. The lowest BCUT2D eigenvalue weighted by molar-refractivity contribution is -0.159. The Morgan fingerprint density at radius 2 is 1.90 bits per heavy atom. The predicted octanol–water partition coefficient (Wildman–Crippen LogP) is 7.01. The number of aliphatic hydroxyl groups is 1. The molecule has 2 nitrogen and oxygen atoms in total. The van der Waals surface area contributed by atoms with Crippen LogP contribution in [0.15, 0.2) is 12.7 Å². The van der Waals surface area contributed by atoms with Crippen molar-refractivity contribution in [2.75, 3.05) is 7.11 Å². The number of hydrogen-bond donors (Lipinski definition) is 1. The molecule has 0 bridgehead atoms. The van der Waals surface area contributed by atoms with Crippen LogP contribution in [0.1, 0.15) is 98.3 Å². The van der Waals surface area contributed by atoms with Crippen molar-refractivity contribution in [2.45, 2.75) is 110 Å². The molecule has 0 heterocycles. The molecular weight excluding hydrogens is 380 g/mol. The third-order valence-electron chi connectivity index (χ3n) is 12.5. The van der Waals surface area contributed by atoms with Gasteiger partial charge in [-0.05, 0) is 117 Å². The van der Waals surface area contributed by atoms with Crippen molar-refractivity contribution in [2.24, 2.45) is 51.8 Å². The van der Waals surface area contributed by atoms with Gasteiger partial charge < -0.3 is 9.84 Å². The Kier molecular flexibility index (Phi) is 5.31. The number of methoxy groups -OCH3 is 1. The van der Waals surface area contributed by atoms with Gasteiger partial charge >= 0.3 is 0 Å². The molecule has 0 radical (unpaired) electrons. The molecule has 0 aromatic heterocycles. The first-order chi connectivity index (χ1) is 14.7. The quantitative estimate of drug-likeness (QED) is 0.442. The fourth-order valence-corrected chi connectivity index (χ4v) is 10.4. The van der Waals surface area contributed by atoms with Crippen molar-refractivity contribution in [1.29, 1.82) is 0 Å². The SMILES string of the molecule is C=CC(O)(CCCC1CCC2C3CC(OC)C45C[C@H]4CCC5(C)C3CCC12C)C(C)C. The zero-order valence-electron chi connectivity index (χ0n) is 21.0. The average Bonchev–Trinajstić information content (AvgIpc) is 3.27. The van der Waals surface area contributed by atoms with Crippen molar-refractivity contribution in [1.82, 2.24) is 0 Å². The molecule has 176 valence electrons. The largest absolute Gasteiger partial charge is 0.386 e. The van der Waals surface area contributed by atoms with Crippen molar-refractivity contribution in [3.8, 4) is 0 Å². The Hall–Kier alpha value is -0.340. The molecule has 0 aromatic rings. The molecule has 0 amide bonds. The van der Waals surface area contributed by atoms with Gasteiger partial charge in [0.1, 0.15) is 0 Å². The Labute approximate surface area is 191 Å². The van der Waals surface area contributed by atoms with Gasteiger partial charge in [-0.25, -0.2) is 0 Å². The van der Waals surface area contributed by atoms with Crippen molar-refractivity contribution in [3.63, 3.8) is 0 Å². The maximum atomic E-state index is 10.9. The lowest BCUT2D eigenvalue weighted by Crippen LogP contribution is -2.56. The Morgan fingerprint density at radius 1 is 1.13 bits per heavy atom. The van der Waals surface area contributed by atoms with Gasteiger partial charge in [0.25, 0.3) is 0 Å². The van der Waals surface area contributed by atoms with Crippen LogP contribution in [0, 0.1) is 51.8 Å². The minimum Gasteiger partial charge on any atom is -0.386 e. The molecule has 9 unspecified atom stereocenters. The Morgan fingerprint density at radius 3 is 2.55 bits per heavy atom. The molecule has 5 aliphatic rings. The molecular formula is C29H48O2. The number of hydrogen-bond acceptors (Lipinski definition) is 2. The van der Waals surface area contributed by atoms with Crippen LogP contribution in [0.4, 0.5) is 0 Å². The predicted molar refractivity (Wildman–Crippen MR) is 128 cm³/mol. The molecule has 5 aliphatic carbocycles. The topological polar surface area (TPSA) is 29.5 Å². The van der Waals surface area contributed by atoms with Crippen LogP contribution in [0.3, 0.4) is 0 Å². The van der Waals surface area contributed by atoms with Crippen molar-refractivity contribution < 1.29 is 9.84 Å². The van der Waals surface area contributed by atoms with Gasteiger partial charge in [-0.2, -0.15) is 0 Å². The second kappa shape index (κ2) is 7.33. The van der Waals surface area contributed by atoms with Gasteiger partial charge in [0, 0.05) is 12.5 Å². The standard InChI is InChI=1S/C29H48O2/c1-7-28(30,19(2)3)14-8-9-20-10-11-23-22-17-25(31-6)29-18-21(29)12-16-27(29,5)24(22)13-15-26(20,23)4/h7,19-25,30H,1,8-18H2,2-6H3/t20?,21-,22?,23?,24?,25?,26?,27?,28?,29?/m1/s1. The van der Waals surface area contributed by atoms with Crippen LogP contribution >= 0.6 is 0 Å². The maximum Gasteiger partial charge on any atom is 0.0847 e. The highest BCUT2D eigenvalue weighted by molar-refractivity contribution is 5.26. The van der Waals surface area contributed by atoms with Gasteiger partial charge in [0.15, 0.2) is 0 Å². The summed E-state index contributed by atoms with van der Waals surface area (Å²) in [5.41, 5.74) is 0.892. The monoisotopic (exact) mass is 428 g/mol. The summed E-state index contributed by atoms with van der Waals surface area (Å²) in [4.78, 5) is 0. The lowest BCUT2D eigenvalue weighted by Gasteiger charge is -2.60. The smallest absolute Gasteiger partial charge is 0.0847 e. The molecule has 31 heavy (non-hydrogen) atoms. The molecule has 10 atom stereocenters. The molecule has 5 fully saturated rings. The molecule has 1 N–H and O–H groups in total. The summed E-state index contributed by atoms with van der Waals surface area (Å²) >= 11 is 0. The van der Waals surface area contributed by atoms with Crippen LogP contribution in [0.5, 0.6) is 0 Å². The van der Waals surface area contributed by atoms with E-state index in [9.17, 15) is 5.11 Å². The zero-order valence-corrected chi connectivity index (χ0v) is 21.0. The van der Waals surface area contributed by atoms with Crippen molar-refractivity contribution >= 4 is 0 Å². The number of rotatable bonds is 7. The summed E-state index contributed by atoms with van der Waals surface area (Å²) < 4.78 is 6.27. The normalized spacial score (nSPS) is 52.1. The highest BCUT2D eigenvalue weighted by Crippen LogP contribution is 2.82. The van der Waals surface area contributed by atoms with E-state index in [0.717, 1.165) is 42.4 Å². The minimum atomic E-state index is -0.697. The summed E-state index contributed by atoms with van der Waals surface area (Å²) in [7, 11) is 2.00. The van der Waals surface area contributed by atoms with E-state index in [1.807, 2.05) is 7.11 Å². The first-order valence-corrected chi connectivity index (χ1v) is 13.5. The fraction of sp³-hybridized carbons (Fsp3) is 0.931. The van der Waals surface area contributed by atoms with E-state index in [4.69, 9.17) is 4.74 Å². The van der Waals surface area contributed by atoms with E-state index in [1.165, 1.54) is 57.8 Å². The van der Waals surface area contributed by atoms with Gasteiger partial charge in [0.05, 0.1) is 11.7 Å². The molecule has 1 spiro atoms. The van der Waals surface area contributed by atoms with Crippen LogP contribution in [-0.2, 0) is 4.74 Å². The Balaban J connectivity index is 1.31. The van der Waals surface area contributed by atoms with E-state index >= 15 is 0 Å². The van der Waals surface area contributed by atoms with Crippen LogP contribution in [0.25, 0.3) is 0 Å². The highest BCUT2D eigenvalue weighted by Gasteiger charge is 2.77. The summed E-state index contributed by atoms with van der Waals surface area (Å²) in [6.07, 6.45) is 17.0. The third-order valence-corrected chi connectivity index (χ3v) is 12.5. The minimum absolute atomic E-state index is 0.242. The summed E-state index contributed by atoms with van der Waals surface area (Å²) in [6.45, 7) is 13.5. The van der Waals surface area contributed by atoms with Crippen LogP contribution in [-0.4, -0.2) is 23.9 Å². The van der Waals surface area contributed by atoms with E-state index in [0.29, 0.717) is 22.3 Å². The first kappa shape index (κ1) is 22.5. The van der Waals surface area contributed by atoms with E-state index < -0.39 is 5.60 Å². The van der Waals surface area contributed by atoms with Crippen LogP contribution in [0.2, 0.25) is 0 Å².